The molecule has 6 nitrogen and oxygen atoms in total. The van der Waals surface area contributed by atoms with Crippen molar-refractivity contribution in [2.45, 2.75) is 89.1 Å². The maximum Gasteiger partial charge on any atom is 0.473 e. The van der Waals surface area contributed by atoms with Gasteiger partial charge in [-0.15, -0.1) is 0 Å². The molecule has 0 atom stereocenters. The summed E-state index contributed by atoms with van der Waals surface area (Å²) in [6, 6.07) is 0.443. The van der Waals surface area contributed by atoms with E-state index in [0.717, 1.165) is 0 Å². The molecular formula is C19H32F8O6Si3. The number of rotatable bonds is 14. The molecule has 0 fully saturated rings. The molecule has 0 bridgehead atoms. The summed E-state index contributed by atoms with van der Waals surface area (Å²) >= 11 is 0. The van der Waals surface area contributed by atoms with Gasteiger partial charge in [-0.25, -0.2) is 9.59 Å². The third-order valence-electron chi connectivity index (χ3n) is 3.96. The highest BCUT2D eigenvalue weighted by molar-refractivity contribution is 6.87. The molecule has 0 aromatic carbocycles. The Kier molecular flexibility index (Phi) is 11.2. The molecule has 0 aliphatic carbocycles. The van der Waals surface area contributed by atoms with Crippen molar-refractivity contribution in [3.8, 4) is 0 Å². The molecule has 0 aromatic rings. The van der Waals surface area contributed by atoms with E-state index in [0.29, 0.717) is 6.04 Å². The smallest absolute Gasteiger partial charge is 0.463 e. The van der Waals surface area contributed by atoms with Gasteiger partial charge in [0.05, 0.1) is 6.61 Å². The first-order chi connectivity index (χ1) is 15.7. The zero-order valence-electron chi connectivity index (χ0n) is 21.2. The van der Waals surface area contributed by atoms with Crippen LogP contribution in [0.25, 0.3) is 0 Å². The van der Waals surface area contributed by atoms with Crippen LogP contribution < -0.4 is 0 Å². The van der Waals surface area contributed by atoms with Crippen molar-refractivity contribution >= 4 is 37.1 Å². The molecule has 212 valence electrons. The van der Waals surface area contributed by atoms with E-state index in [-0.39, 0.29) is 25.2 Å². The zero-order valence-corrected chi connectivity index (χ0v) is 24.2. The molecular weight excluding hydrogens is 560 g/mol. The van der Waals surface area contributed by atoms with Crippen LogP contribution in [0.2, 0.25) is 51.9 Å². The van der Waals surface area contributed by atoms with E-state index in [4.69, 9.17) is 13.0 Å². The lowest BCUT2D eigenvalue weighted by atomic mass is 10.1. The molecule has 0 saturated heterocycles. The predicted octanol–water partition coefficient (Wildman–Crippen LogP) is 6.31. The number of halogens is 8. The first-order valence-electron chi connectivity index (χ1n) is 10.7. The maximum absolute atomic E-state index is 13.4. The summed E-state index contributed by atoms with van der Waals surface area (Å²) in [7, 11) is -6.57. The fourth-order valence-corrected chi connectivity index (χ4v) is 15.4. The van der Waals surface area contributed by atoms with E-state index in [1.54, 1.807) is 0 Å². The fourth-order valence-electron chi connectivity index (χ4n) is 2.85. The molecule has 0 unspecified atom stereocenters. The molecule has 0 heterocycles. The Morgan fingerprint density at radius 3 is 1.53 bits per heavy atom. The molecule has 0 aliphatic heterocycles. The summed E-state index contributed by atoms with van der Waals surface area (Å²) < 4.78 is 125. The van der Waals surface area contributed by atoms with Gasteiger partial charge in [0, 0.05) is 19.1 Å². The van der Waals surface area contributed by atoms with E-state index in [1.165, 1.54) is 0 Å². The van der Waals surface area contributed by atoms with Crippen molar-refractivity contribution in [2.75, 3.05) is 6.61 Å². The van der Waals surface area contributed by atoms with Crippen LogP contribution in [-0.2, 0) is 27.3 Å². The third-order valence-corrected chi connectivity index (χ3v) is 13.6. The van der Waals surface area contributed by atoms with Crippen molar-refractivity contribution in [2.24, 2.45) is 0 Å². The van der Waals surface area contributed by atoms with Crippen LogP contribution in [-0.4, -0.2) is 67.6 Å². The van der Waals surface area contributed by atoms with E-state index in [2.05, 4.69) is 4.74 Å². The number of esters is 2. The number of hydrogen-bond donors (Lipinski definition) is 0. The van der Waals surface area contributed by atoms with Gasteiger partial charge in [-0.2, -0.15) is 35.1 Å². The molecule has 0 N–H and O–H groups in total. The van der Waals surface area contributed by atoms with Crippen molar-refractivity contribution in [3.05, 3.63) is 12.2 Å². The molecule has 0 rings (SSSR count). The molecule has 0 radical (unpaired) electrons. The Labute approximate surface area is 207 Å². The zero-order chi connectivity index (χ0) is 29.0. The minimum atomic E-state index is -6.76. The van der Waals surface area contributed by atoms with Gasteiger partial charge < -0.3 is 17.7 Å². The summed E-state index contributed by atoms with van der Waals surface area (Å²) in [6.45, 7) is 12.9. The van der Waals surface area contributed by atoms with Gasteiger partial charge in [-0.05, 0) is 58.3 Å². The predicted molar refractivity (Wildman–Crippen MR) is 122 cm³/mol. The van der Waals surface area contributed by atoms with E-state index < -0.39 is 67.9 Å². The molecule has 17 heteroatoms. The van der Waals surface area contributed by atoms with E-state index >= 15 is 0 Å². The second-order valence-corrected chi connectivity index (χ2v) is 23.0. The van der Waals surface area contributed by atoms with Crippen molar-refractivity contribution < 1.29 is 62.4 Å². The minimum Gasteiger partial charge on any atom is -0.463 e. The van der Waals surface area contributed by atoms with E-state index in [1.807, 2.05) is 45.8 Å². The molecule has 0 spiro atoms. The molecule has 36 heavy (non-hydrogen) atoms. The van der Waals surface area contributed by atoms with Crippen molar-refractivity contribution in [1.29, 1.82) is 0 Å². The molecule has 0 amide bonds. The van der Waals surface area contributed by atoms with Crippen molar-refractivity contribution in [1.82, 2.24) is 0 Å². The van der Waals surface area contributed by atoms with Gasteiger partial charge in [0.1, 0.15) is 0 Å². The molecule has 0 aliphatic rings. The highest BCUT2D eigenvalue weighted by Gasteiger charge is 2.81. The molecule has 0 aromatic heterocycles. The van der Waals surface area contributed by atoms with Crippen LogP contribution >= 0.6 is 0 Å². The standard InChI is InChI=1S/C19H32F8O6Si3/c1-16(20,21)17(22,23)18(24,25)19(26,27)31-15(29)11-10-14(28)30-12-9-13-36(8,32-34(2,3)4)33-35(5,6)7/h10-11H,9,12-13H2,1-8H3/b11-10+. The lowest BCUT2D eigenvalue weighted by Crippen LogP contribution is -2.62. The topological polar surface area (TPSA) is 71.1 Å². The van der Waals surface area contributed by atoms with Gasteiger partial charge in [-0.3, -0.25) is 0 Å². The van der Waals surface area contributed by atoms with Crippen LogP contribution in [0, 0.1) is 0 Å². The summed E-state index contributed by atoms with van der Waals surface area (Å²) in [5.41, 5.74) is 0. The van der Waals surface area contributed by atoms with Gasteiger partial charge >= 0.3 is 44.4 Å². The van der Waals surface area contributed by atoms with Gasteiger partial charge in [-0.1, -0.05) is 0 Å². The highest BCUT2D eigenvalue weighted by atomic mass is 28.5. The second kappa shape index (κ2) is 11.6. The first-order valence-corrected chi connectivity index (χ1v) is 20.0. The Hall–Kier alpha value is -1.31. The Bertz CT molecular complexity index is 788. The third kappa shape index (κ3) is 10.6. The SMILES string of the molecule is CC(F)(F)C(F)(F)C(F)(F)C(F)(F)OC(=O)/C=C/C(=O)OCCC[Si](C)(O[Si](C)(C)C)O[Si](C)(C)C. The highest BCUT2D eigenvalue weighted by Crippen LogP contribution is 2.52. The largest absolute Gasteiger partial charge is 0.473 e. The minimum absolute atomic E-state index is 0.0873. The quantitative estimate of drug-likeness (QED) is 0.0774. The first kappa shape index (κ1) is 34.7. The Balaban J connectivity index is 5.01. The average molecular weight is 593 g/mol. The Morgan fingerprint density at radius 2 is 1.14 bits per heavy atom. The summed E-state index contributed by atoms with van der Waals surface area (Å²) in [5.74, 6) is -22.5. The number of hydrogen-bond acceptors (Lipinski definition) is 6. The lowest BCUT2D eigenvalue weighted by Gasteiger charge is -2.38. The van der Waals surface area contributed by atoms with E-state index in [9.17, 15) is 44.7 Å². The van der Waals surface area contributed by atoms with Crippen molar-refractivity contribution in [3.63, 3.8) is 0 Å². The normalized spacial score (nSPS) is 14.8. The Morgan fingerprint density at radius 1 is 0.722 bits per heavy atom. The number of carbonyl (C=O) groups is 2. The van der Waals surface area contributed by atoms with Crippen LogP contribution in [0.15, 0.2) is 12.2 Å². The fraction of sp³-hybridized carbons (Fsp3) is 0.789. The summed E-state index contributed by atoms with van der Waals surface area (Å²) in [6.07, 6.45) is -5.89. The van der Waals surface area contributed by atoms with Gasteiger partial charge in [0.2, 0.25) is 0 Å². The molecule has 0 saturated carbocycles. The summed E-state index contributed by atoms with van der Waals surface area (Å²) in [5, 5.41) is 0. The van der Waals surface area contributed by atoms with Crippen LogP contribution in [0.4, 0.5) is 35.1 Å². The van der Waals surface area contributed by atoms with Gasteiger partial charge in [0.25, 0.3) is 0 Å². The van der Waals surface area contributed by atoms with Gasteiger partial charge in [0.15, 0.2) is 16.6 Å². The maximum atomic E-state index is 13.4. The van der Waals surface area contributed by atoms with Crippen LogP contribution in [0.3, 0.4) is 0 Å². The number of carbonyl (C=O) groups excluding carboxylic acids is 2. The average Bonchev–Trinajstić information content (AvgIpc) is 2.58. The van der Waals surface area contributed by atoms with Crippen LogP contribution in [0.5, 0.6) is 0 Å². The monoisotopic (exact) mass is 592 g/mol. The number of ether oxygens (including phenoxy) is 2. The second-order valence-electron chi connectivity index (χ2n) is 10.1. The number of alkyl halides is 8. The van der Waals surface area contributed by atoms with Crippen LogP contribution in [0.1, 0.15) is 13.3 Å². The summed E-state index contributed by atoms with van der Waals surface area (Å²) in [4.78, 5) is 23.0. The lowest BCUT2D eigenvalue weighted by molar-refractivity contribution is -0.413.